The van der Waals surface area contributed by atoms with E-state index in [0.717, 1.165) is 48.8 Å². The Balaban J connectivity index is 1.30. The third-order valence-electron chi connectivity index (χ3n) is 6.30. The van der Waals surface area contributed by atoms with Gasteiger partial charge < -0.3 is 24.4 Å². The molecule has 0 radical (unpaired) electrons. The van der Waals surface area contributed by atoms with E-state index in [1.54, 1.807) is 25.3 Å². The number of hydrogen-bond acceptors (Lipinski definition) is 7. The maximum absolute atomic E-state index is 11.4. The number of piperazine rings is 1. The van der Waals surface area contributed by atoms with Gasteiger partial charge in [-0.15, -0.1) is 0 Å². The van der Waals surface area contributed by atoms with Gasteiger partial charge in [-0.1, -0.05) is 0 Å². The minimum atomic E-state index is 0.0681. The molecule has 1 fully saturated rings. The Bertz CT molecular complexity index is 1340. The third-order valence-corrected chi connectivity index (χ3v) is 6.30. The van der Waals surface area contributed by atoms with Crippen LogP contribution >= 0.6 is 0 Å². The lowest BCUT2D eigenvalue weighted by Crippen LogP contribution is -2.44. The molecular formula is C27H30N6O2. The van der Waals surface area contributed by atoms with Crippen molar-refractivity contribution in [3.63, 3.8) is 0 Å². The quantitative estimate of drug-likeness (QED) is 0.429. The fourth-order valence-corrected chi connectivity index (χ4v) is 4.31. The van der Waals surface area contributed by atoms with Crippen molar-refractivity contribution in [2.45, 2.75) is 13.3 Å². The van der Waals surface area contributed by atoms with E-state index in [9.17, 15) is 4.79 Å². The number of Topliss-reactive ketones (excluding diaryl/α,β-unsaturated/α-hetero) is 1. The minimum absolute atomic E-state index is 0.0681. The average molecular weight is 471 g/mol. The summed E-state index contributed by atoms with van der Waals surface area (Å²) in [7, 11) is 4.16. The molecule has 0 spiro atoms. The van der Waals surface area contributed by atoms with Gasteiger partial charge in [0.25, 0.3) is 0 Å². The van der Waals surface area contributed by atoms with Crippen molar-refractivity contribution in [3.8, 4) is 11.5 Å². The number of aromatic nitrogens is 3. The Kier molecular flexibility index (Phi) is 6.37. The van der Waals surface area contributed by atoms with Crippen molar-refractivity contribution in [3.05, 3.63) is 66.5 Å². The van der Waals surface area contributed by atoms with E-state index in [1.165, 1.54) is 5.69 Å². The SMILES string of the molecule is CC(=O)Cc1cc(Oc2ccc3c(c2)nc(Nc2ccc(N4CCN(C)CC4)cc2)n3C)ccn1. The largest absolute Gasteiger partial charge is 0.457 e. The van der Waals surface area contributed by atoms with E-state index in [0.29, 0.717) is 23.6 Å². The van der Waals surface area contributed by atoms with E-state index < -0.39 is 0 Å². The van der Waals surface area contributed by atoms with Crippen molar-refractivity contribution in [1.82, 2.24) is 19.4 Å². The number of ether oxygens (including phenoxy) is 1. The molecular weight excluding hydrogens is 440 g/mol. The number of carbonyl (C=O) groups is 1. The summed E-state index contributed by atoms with van der Waals surface area (Å²) < 4.78 is 8.06. The molecule has 0 amide bonds. The van der Waals surface area contributed by atoms with Crippen LogP contribution in [0.4, 0.5) is 17.3 Å². The molecule has 0 atom stereocenters. The first-order valence-electron chi connectivity index (χ1n) is 11.8. The summed E-state index contributed by atoms with van der Waals surface area (Å²) in [6, 6.07) is 17.9. The van der Waals surface area contributed by atoms with Gasteiger partial charge in [0.15, 0.2) is 0 Å². The van der Waals surface area contributed by atoms with Crippen LogP contribution in [-0.4, -0.2) is 58.4 Å². The van der Waals surface area contributed by atoms with Gasteiger partial charge in [-0.3, -0.25) is 9.78 Å². The summed E-state index contributed by atoms with van der Waals surface area (Å²) in [5.41, 5.74) is 4.77. The number of nitrogens with one attached hydrogen (secondary N) is 1. The molecule has 1 N–H and O–H groups in total. The summed E-state index contributed by atoms with van der Waals surface area (Å²) in [5.74, 6) is 2.15. The monoisotopic (exact) mass is 470 g/mol. The Morgan fingerprint density at radius 3 is 2.46 bits per heavy atom. The van der Waals surface area contributed by atoms with E-state index in [1.807, 2.05) is 29.8 Å². The van der Waals surface area contributed by atoms with E-state index in [-0.39, 0.29) is 5.78 Å². The van der Waals surface area contributed by atoms with Gasteiger partial charge in [0.2, 0.25) is 5.95 Å². The van der Waals surface area contributed by atoms with Crippen molar-refractivity contribution in [2.75, 3.05) is 43.4 Å². The molecule has 1 saturated heterocycles. The first kappa shape index (κ1) is 22.9. The number of carbonyl (C=O) groups excluding carboxylic acids is 1. The summed E-state index contributed by atoms with van der Waals surface area (Å²) in [4.78, 5) is 25.2. The number of benzene rings is 2. The zero-order chi connectivity index (χ0) is 24.4. The number of hydrogen-bond donors (Lipinski definition) is 1. The Morgan fingerprint density at radius 2 is 1.71 bits per heavy atom. The van der Waals surface area contributed by atoms with Crippen LogP contribution in [0.1, 0.15) is 12.6 Å². The highest BCUT2D eigenvalue weighted by Gasteiger charge is 2.15. The Morgan fingerprint density at radius 1 is 0.971 bits per heavy atom. The number of imidazole rings is 1. The second-order valence-electron chi connectivity index (χ2n) is 9.07. The lowest BCUT2D eigenvalue weighted by atomic mass is 10.2. The first-order chi connectivity index (χ1) is 16.9. The number of anilines is 3. The molecule has 180 valence electrons. The molecule has 2 aromatic heterocycles. The predicted octanol–water partition coefficient (Wildman–Crippen LogP) is 4.39. The van der Waals surface area contributed by atoms with Gasteiger partial charge in [-0.05, 0) is 56.4 Å². The van der Waals surface area contributed by atoms with Gasteiger partial charge in [0.05, 0.1) is 16.7 Å². The molecule has 3 heterocycles. The summed E-state index contributed by atoms with van der Waals surface area (Å²) in [6.45, 7) is 5.84. The molecule has 35 heavy (non-hydrogen) atoms. The zero-order valence-corrected chi connectivity index (χ0v) is 20.4. The van der Waals surface area contributed by atoms with Crippen LogP contribution in [0.3, 0.4) is 0 Å². The second-order valence-corrected chi connectivity index (χ2v) is 9.07. The third kappa shape index (κ3) is 5.27. The number of pyridine rings is 1. The van der Waals surface area contributed by atoms with Gasteiger partial charge in [-0.25, -0.2) is 4.98 Å². The van der Waals surface area contributed by atoms with Crippen LogP contribution in [-0.2, 0) is 18.3 Å². The van der Waals surface area contributed by atoms with Crippen LogP contribution in [0, 0.1) is 0 Å². The minimum Gasteiger partial charge on any atom is -0.457 e. The molecule has 1 aliphatic rings. The molecule has 5 rings (SSSR count). The van der Waals surface area contributed by atoms with E-state index >= 15 is 0 Å². The highest BCUT2D eigenvalue weighted by Crippen LogP contribution is 2.29. The summed E-state index contributed by atoms with van der Waals surface area (Å²) in [6.07, 6.45) is 1.95. The van der Waals surface area contributed by atoms with Crippen LogP contribution < -0.4 is 15.0 Å². The number of rotatable bonds is 7. The number of aryl methyl sites for hydroxylation is 1. The summed E-state index contributed by atoms with van der Waals surface area (Å²) in [5, 5.41) is 3.44. The lowest BCUT2D eigenvalue weighted by Gasteiger charge is -2.34. The number of likely N-dealkylation sites (N-methyl/N-ethyl adjacent to an activating group) is 1. The number of fused-ring (bicyclic) bond motifs is 1. The molecule has 8 heteroatoms. The molecule has 4 aromatic rings. The maximum atomic E-state index is 11.4. The normalized spacial score (nSPS) is 14.3. The highest BCUT2D eigenvalue weighted by atomic mass is 16.5. The molecule has 2 aromatic carbocycles. The molecule has 0 aliphatic carbocycles. The van der Waals surface area contributed by atoms with Crippen LogP contribution in [0.2, 0.25) is 0 Å². The fourth-order valence-electron chi connectivity index (χ4n) is 4.31. The number of nitrogens with zero attached hydrogens (tertiary/aromatic N) is 5. The molecule has 8 nitrogen and oxygen atoms in total. The van der Waals surface area contributed by atoms with Crippen molar-refractivity contribution < 1.29 is 9.53 Å². The molecule has 0 bridgehead atoms. The number of ketones is 1. The van der Waals surface area contributed by atoms with E-state index in [2.05, 4.69) is 51.4 Å². The molecule has 0 unspecified atom stereocenters. The van der Waals surface area contributed by atoms with Gasteiger partial charge in [0, 0.05) is 69.4 Å². The molecule has 0 saturated carbocycles. The molecule has 1 aliphatic heterocycles. The first-order valence-corrected chi connectivity index (χ1v) is 11.8. The second kappa shape index (κ2) is 9.76. The Hall–Kier alpha value is -3.91. The van der Waals surface area contributed by atoms with Crippen molar-refractivity contribution in [2.24, 2.45) is 7.05 Å². The lowest BCUT2D eigenvalue weighted by molar-refractivity contribution is -0.116. The highest BCUT2D eigenvalue weighted by molar-refractivity contribution is 5.81. The van der Waals surface area contributed by atoms with Crippen LogP contribution in [0.5, 0.6) is 11.5 Å². The van der Waals surface area contributed by atoms with Gasteiger partial charge >= 0.3 is 0 Å². The van der Waals surface area contributed by atoms with Crippen LogP contribution in [0.15, 0.2) is 60.8 Å². The smallest absolute Gasteiger partial charge is 0.208 e. The maximum Gasteiger partial charge on any atom is 0.208 e. The topological polar surface area (TPSA) is 75.5 Å². The van der Waals surface area contributed by atoms with E-state index in [4.69, 9.17) is 9.72 Å². The predicted molar refractivity (Wildman–Crippen MR) is 139 cm³/mol. The average Bonchev–Trinajstić information content (AvgIpc) is 3.14. The zero-order valence-electron chi connectivity index (χ0n) is 20.4. The van der Waals surface area contributed by atoms with Crippen LogP contribution in [0.25, 0.3) is 11.0 Å². The fraction of sp³-hybridized carbons (Fsp3) is 0.296. The standard InChI is InChI=1S/C27H30N6O2/c1-19(34)16-21-17-24(10-11-28-21)35-23-8-9-26-25(18-23)30-27(32(26)3)29-20-4-6-22(7-5-20)33-14-12-31(2)13-15-33/h4-11,17-18H,12-16H2,1-3H3,(H,29,30). The summed E-state index contributed by atoms with van der Waals surface area (Å²) >= 11 is 0. The van der Waals surface area contributed by atoms with Crippen molar-refractivity contribution >= 4 is 34.1 Å². The van der Waals surface area contributed by atoms with Gasteiger partial charge in [-0.2, -0.15) is 0 Å². The van der Waals surface area contributed by atoms with Gasteiger partial charge in [0.1, 0.15) is 17.3 Å². The van der Waals surface area contributed by atoms with Crippen molar-refractivity contribution in [1.29, 1.82) is 0 Å². The Labute approximate surface area is 205 Å².